The smallest absolute Gasteiger partial charge is 0.262 e. The highest BCUT2D eigenvalue weighted by Crippen LogP contribution is 2.25. The Labute approximate surface area is 132 Å². The first kappa shape index (κ1) is 14.4. The SMILES string of the molecule is Cc1c(/C=N\O)c2ccccc2n1C(=O)c1ccc(Cl)cc1. The zero-order valence-corrected chi connectivity index (χ0v) is 12.6. The quantitative estimate of drug-likeness (QED) is 0.440. The van der Waals surface area contributed by atoms with Crippen LogP contribution in [0.2, 0.25) is 5.02 Å². The van der Waals surface area contributed by atoms with Crippen molar-refractivity contribution in [3.63, 3.8) is 0 Å². The molecule has 0 atom stereocenters. The van der Waals surface area contributed by atoms with E-state index in [0.717, 1.165) is 22.2 Å². The van der Waals surface area contributed by atoms with Crippen LogP contribution in [0, 0.1) is 6.92 Å². The van der Waals surface area contributed by atoms with Gasteiger partial charge < -0.3 is 5.21 Å². The van der Waals surface area contributed by atoms with E-state index in [9.17, 15) is 4.79 Å². The van der Waals surface area contributed by atoms with Crippen LogP contribution in [0.4, 0.5) is 0 Å². The van der Waals surface area contributed by atoms with Crippen molar-refractivity contribution in [3.8, 4) is 0 Å². The Morgan fingerprint density at radius 2 is 1.86 bits per heavy atom. The Morgan fingerprint density at radius 3 is 2.55 bits per heavy atom. The number of carbonyl (C=O) groups is 1. The molecule has 0 spiro atoms. The van der Waals surface area contributed by atoms with Crippen molar-refractivity contribution in [2.24, 2.45) is 5.16 Å². The fourth-order valence-electron chi connectivity index (χ4n) is 2.60. The molecule has 0 aliphatic heterocycles. The molecule has 1 N–H and O–H groups in total. The van der Waals surface area contributed by atoms with Crippen LogP contribution in [0.25, 0.3) is 10.9 Å². The number of aromatic nitrogens is 1. The number of oxime groups is 1. The number of nitrogens with zero attached hydrogens (tertiary/aromatic N) is 2. The normalized spacial score (nSPS) is 11.4. The van der Waals surface area contributed by atoms with E-state index >= 15 is 0 Å². The van der Waals surface area contributed by atoms with Gasteiger partial charge in [0.15, 0.2) is 0 Å². The summed E-state index contributed by atoms with van der Waals surface area (Å²) in [5, 5.41) is 13.4. The third-order valence-electron chi connectivity index (χ3n) is 3.64. The van der Waals surface area contributed by atoms with Crippen molar-refractivity contribution in [2.45, 2.75) is 6.92 Å². The van der Waals surface area contributed by atoms with E-state index < -0.39 is 0 Å². The van der Waals surface area contributed by atoms with E-state index in [0.29, 0.717) is 10.6 Å². The summed E-state index contributed by atoms with van der Waals surface area (Å²) in [7, 11) is 0. The van der Waals surface area contributed by atoms with Gasteiger partial charge in [-0.3, -0.25) is 9.36 Å². The summed E-state index contributed by atoms with van der Waals surface area (Å²) < 4.78 is 1.62. The lowest BCUT2D eigenvalue weighted by atomic mass is 10.1. The van der Waals surface area contributed by atoms with E-state index in [4.69, 9.17) is 16.8 Å². The van der Waals surface area contributed by atoms with Crippen LogP contribution in [-0.2, 0) is 0 Å². The zero-order chi connectivity index (χ0) is 15.7. The first-order chi connectivity index (χ1) is 10.6. The summed E-state index contributed by atoms with van der Waals surface area (Å²) in [6.07, 6.45) is 1.35. The minimum absolute atomic E-state index is 0.150. The van der Waals surface area contributed by atoms with Crippen LogP contribution in [0.1, 0.15) is 21.6 Å². The number of fused-ring (bicyclic) bond motifs is 1. The highest BCUT2D eigenvalue weighted by Gasteiger charge is 2.18. The van der Waals surface area contributed by atoms with Crippen LogP contribution in [0.15, 0.2) is 53.7 Å². The molecule has 3 rings (SSSR count). The number of carbonyl (C=O) groups excluding carboxylic acids is 1. The molecule has 110 valence electrons. The summed E-state index contributed by atoms with van der Waals surface area (Å²) in [6.45, 7) is 1.82. The summed E-state index contributed by atoms with van der Waals surface area (Å²) in [5.41, 5.74) is 2.76. The summed E-state index contributed by atoms with van der Waals surface area (Å²) in [5.74, 6) is -0.150. The standard InChI is InChI=1S/C17H13ClN2O2/c1-11-15(10-19-22)14-4-2-3-5-16(14)20(11)17(21)12-6-8-13(18)9-7-12/h2-10,22H,1H3/b19-10-. The fourth-order valence-corrected chi connectivity index (χ4v) is 2.72. The van der Waals surface area contributed by atoms with Crippen molar-refractivity contribution in [2.75, 3.05) is 0 Å². The maximum Gasteiger partial charge on any atom is 0.262 e. The van der Waals surface area contributed by atoms with E-state index in [2.05, 4.69) is 5.16 Å². The van der Waals surface area contributed by atoms with Gasteiger partial charge in [-0.15, -0.1) is 0 Å². The number of hydrogen-bond donors (Lipinski definition) is 1. The van der Waals surface area contributed by atoms with Gasteiger partial charge in [0, 0.05) is 27.2 Å². The van der Waals surface area contributed by atoms with Crippen molar-refractivity contribution >= 4 is 34.6 Å². The number of halogens is 1. The fraction of sp³-hybridized carbons (Fsp3) is 0.0588. The van der Waals surface area contributed by atoms with Gasteiger partial charge in [-0.1, -0.05) is 35.0 Å². The molecule has 0 bridgehead atoms. The molecule has 5 heteroatoms. The molecule has 1 aromatic heterocycles. The molecular weight excluding hydrogens is 300 g/mol. The van der Waals surface area contributed by atoms with Gasteiger partial charge in [-0.25, -0.2) is 0 Å². The van der Waals surface area contributed by atoms with E-state index in [1.54, 1.807) is 28.8 Å². The summed E-state index contributed by atoms with van der Waals surface area (Å²) in [4.78, 5) is 12.8. The lowest BCUT2D eigenvalue weighted by Gasteiger charge is -2.07. The highest BCUT2D eigenvalue weighted by atomic mass is 35.5. The topological polar surface area (TPSA) is 54.6 Å². The first-order valence-electron chi connectivity index (χ1n) is 6.71. The number of benzene rings is 2. The first-order valence-corrected chi connectivity index (χ1v) is 7.09. The van der Waals surface area contributed by atoms with Gasteiger partial charge in [0.05, 0.1) is 11.7 Å². The maximum absolute atomic E-state index is 12.8. The van der Waals surface area contributed by atoms with Gasteiger partial charge in [-0.2, -0.15) is 0 Å². The molecule has 22 heavy (non-hydrogen) atoms. The van der Waals surface area contributed by atoms with Crippen molar-refractivity contribution in [1.82, 2.24) is 4.57 Å². The Hall–Kier alpha value is -2.59. The monoisotopic (exact) mass is 312 g/mol. The molecule has 0 aliphatic carbocycles. The molecule has 0 saturated carbocycles. The third kappa shape index (κ3) is 2.27. The van der Waals surface area contributed by atoms with Crippen LogP contribution in [-0.4, -0.2) is 21.9 Å². The number of para-hydroxylation sites is 1. The number of rotatable bonds is 2. The second kappa shape index (κ2) is 5.66. The van der Waals surface area contributed by atoms with Crippen molar-refractivity contribution < 1.29 is 10.0 Å². The van der Waals surface area contributed by atoms with Crippen LogP contribution < -0.4 is 0 Å². The number of hydrogen-bond acceptors (Lipinski definition) is 3. The Morgan fingerprint density at radius 1 is 1.18 bits per heavy atom. The maximum atomic E-state index is 12.8. The van der Waals surface area contributed by atoms with Crippen LogP contribution in [0.5, 0.6) is 0 Å². The summed E-state index contributed by atoms with van der Waals surface area (Å²) >= 11 is 5.87. The Balaban J connectivity index is 2.24. The lowest BCUT2D eigenvalue weighted by molar-refractivity contribution is 0.0963. The zero-order valence-electron chi connectivity index (χ0n) is 11.8. The average molecular weight is 313 g/mol. The molecule has 1 heterocycles. The summed E-state index contributed by atoms with van der Waals surface area (Å²) in [6, 6.07) is 14.3. The van der Waals surface area contributed by atoms with E-state index in [1.165, 1.54) is 6.21 Å². The highest BCUT2D eigenvalue weighted by molar-refractivity contribution is 6.30. The Kier molecular flexibility index (Phi) is 3.69. The molecule has 0 radical (unpaired) electrons. The predicted octanol–water partition coefficient (Wildman–Crippen LogP) is 4.10. The predicted molar refractivity (Wildman–Crippen MR) is 87.2 cm³/mol. The second-order valence-corrected chi connectivity index (χ2v) is 5.34. The molecule has 4 nitrogen and oxygen atoms in total. The lowest BCUT2D eigenvalue weighted by Crippen LogP contribution is -2.13. The molecule has 0 aliphatic rings. The van der Waals surface area contributed by atoms with Gasteiger partial charge in [0.1, 0.15) is 0 Å². The van der Waals surface area contributed by atoms with E-state index in [1.807, 2.05) is 31.2 Å². The average Bonchev–Trinajstić information content (AvgIpc) is 2.80. The van der Waals surface area contributed by atoms with Crippen molar-refractivity contribution in [1.29, 1.82) is 0 Å². The molecule has 0 fully saturated rings. The molecule has 0 unspecified atom stereocenters. The minimum Gasteiger partial charge on any atom is -0.411 e. The molecule has 3 aromatic rings. The van der Waals surface area contributed by atoms with Gasteiger partial charge in [0.2, 0.25) is 0 Å². The Bertz CT molecular complexity index is 880. The van der Waals surface area contributed by atoms with Crippen LogP contribution >= 0.6 is 11.6 Å². The van der Waals surface area contributed by atoms with Gasteiger partial charge in [-0.05, 0) is 37.3 Å². The molecular formula is C17H13ClN2O2. The second-order valence-electron chi connectivity index (χ2n) is 4.91. The third-order valence-corrected chi connectivity index (χ3v) is 3.89. The molecule has 2 aromatic carbocycles. The van der Waals surface area contributed by atoms with Gasteiger partial charge in [0.25, 0.3) is 5.91 Å². The van der Waals surface area contributed by atoms with E-state index in [-0.39, 0.29) is 5.91 Å². The van der Waals surface area contributed by atoms with Crippen molar-refractivity contribution in [3.05, 3.63) is 70.4 Å². The largest absolute Gasteiger partial charge is 0.411 e. The molecule has 0 saturated heterocycles. The molecule has 0 amide bonds. The van der Waals surface area contributed by atoms with Gasteiger partial charge >= 0.3 is 0 Å². The van der Waals surface area contributed by atoms with Crippen LogP contribution in [0.3, 0.4) is 0 Å². The minimum atomic E-state index is -0.150.